The summed E-state index contributed by atoms with van der Waals surface area (Å²) in [7, 11) is 0. The molecule has 0 atom stereocenters. The minimum absolute atomic E-state index is 0.0656. The second-order valence-corrected chi connectivity index (χ2v) is 5.21. The van der Waals surface area contributed by atoms with Crippen molar-refractivity contribution < 1.29 is 5.11 Å². The normalized spacial score (nSPS) is 11.2. The van der Waals surface area contributed by atoms with E-state index in [0.29, 0.717) is 22.1 Å². The number of benzene rings is 2. The van der Waals surface area contributed by atoms with Crippen LogP contribution in [0.5, 0.6) is 5.75 Å². The van der Waals surface area contributed by atoms with Crippen molar-refractivity contribution in [1.82, 2.24) is 20.6 Å². The van der Waals surface area contributed by atoms with Crippen molar-refractivity contribution in [2.45, 2.75) is 0 Å². The van der Waals surface area contributed by atoms with E-state index < -0.39 is 0 Å². The van der Waals surface area contributed by atoms with Crippen molar-refractivity contribution in [3.63, 3.8) is 0 Å². The van der Waals surface area contributed by atoms with Crippen LogP contribution in [-0.4, -0.2) is 31.9 Å². The number of tetrazole rings is 1. The molecule has 3 aromatic rings. The van der Waals surface area contributed by atoms with E-state index in [1.165, 1.54) is 12.3 Å². The van der Waals surface area contributed by atoms with E-state index in [4.69, 9.17) is 23.2 Å². The molecule has 0 aliphatic heterocycles. The van der Waals surface area contributed by atoms with Gasteiger partial charge in [0.05, 0.1) is 10.7 Å². The molecule has 1 aromatic heterocycles. The Bertz CT molecular complexity index is 833. The van der Waals surface area contributed by atoms with Crippen LogP contribution in [0.25, 0.3) is 11.4 Å². The Hall–Kier alpha value is -2.44. The van der Waals surface area contributed by atoms with Gasteiger partial charge in [-0.25, -0.2) is 0 Å². The molecule has 22 heavy (non-hydrogen) atoms. The minimum atomic E-state index is -0.0656. The van der Waals surface area contributed by atoms with Crippen LogP contribution in [0.3, 0.4) is 0 Å². The Morgan fingerprint density at radius 3 is 2.82 bits per heavy atom. The van der Waals surface area contributed by atoms with E-state index in [1.54, 1.807) is 12.1 Å². The molecule has 8 heteroatoms. The summed E-state index contributed by atoms with van der Waals surface area (Å²) in [6, 6.07) is 10.3. The molecule has 2 aromatic carbocycles. The van der Waals surface area contributed by atoms with Gasteiger partial charge in [0.2, 0.25) is 5.82 Å². The molecule has 3 rings (SSSR count). The maximum Gasteiger partial charge on any atom is 0.204 e. The molecule has 0 aliphatic carbocycles. The number of hydrogen-bond acceptors (Lipinski definition) is 5. The van der Waals surface area contributed by atoms with E-state index >= 15 is 0 Å². The summed E-state index contributed by atoms with van der Waals surface area (Å²) in [5.41, 5.74) is 1.87. The molecule has 0 fully saturated rings. The summed E-state index contributed by atoms with van der Waals surface area (Å²) in [5, 5.41) is 24.2. The summed E-state index contributed by atoms with van der Waals surface area (Å²) in [5.74, 6) is 0.412. The lowest BCUT2D eigenvalue weighted by Gasteiger charge is -2.02. The van der Waals surface area contributed by atoms with Gasteiger partial charge in [0.1, 0.15) is 5.75 Å². The summed E-state index contributed by atoms with van der Waals surface area (Å²) < 4.78 is 0. The van der Waals surface area contributed by atoms with Gasteiger partial charge in [-0.2, -0.15) is 5.21 Å². The summed E-state index contributed by atoms with van der Waals surface area (Å²) in [6.07, 6.45) is 1.49. The summed E-state index contributed by atoms with van der Waals surface area (Å²) >= 11 is 11.8. The number of aliphatic imine (C=N–C) groups is 1. The first-order chi connectivity index (χ1) is 10.6. The van der Waals surface area contributed by atoms with Crippen LogP contribution in [0.2, 0.25) is 10.0 Å². The van der Waals surface area contributed by atoms with Crippen molar-refractivity contribution in [2.24, 2.45) is 4.99 Å². The van der Waals surface area contributed by atoms with Crippen LogP contribution >= 0.6 is 23.2 Å². The Labute approximate surface area is 135 Å². The lowest BCUT2D eigenvalue weighted by molar-refractivity contribution is 0.475. The number of hydrogen-bond donors (Lipinski definition) is 2. The maximum absolute atomic E-state index is 9.89. The number of aromatic hydroxyl groups is 1. The lowest BCUT2D eigenvalue weighted by atomic mass is 10.2. The molecule has 0 spiro atoms. The zero-order valence-corrected chi connectivity index (χ0v) is 12.5. The molecule has 6 nitrogen and oxygen atoms in total. The van der Waals surface area contributed by atoms with Crippen LogP contribution < -0.4 is 0 Å². The van der Waals surface area contributed by atoms with E-state index in [9.17, 15) is 5.11 Å². The Balaban J connectivity index is 1.92. The van der Waals surface area contributed by atoms with Crippen LogP contribution in [0, 0.1) is 0 Å². The van der Waals surface area contributed by atoms with Gasteiger partial charge in [-0.3, -0.25) is 4.99 Å². The second kappa shape index (κ2) is 6.13. The molecule has 110 valence electrons. The predicted octanol–water partition coefficient (Wildman–Crippen LogP) is 3.63. The number of halogens is 2. The van der Waals surface area contributed by atoms with Crippen molar-refractivity contribution in [3.05, 3.63) is 52.0 Å². The van der Waals surface area contributed by atoms with Crippen molar-refractivity contribution >= 4 is 35.1 Å². The fraction of sp³-hybridized carbons (Fsp3) is 0. The SMILES string of the molecule is Oc1c(Cl)cc(Cl)cc1C=Nc1cccc(-c2nn[nH]n2)c1. The molecule has 0 saturated carbocycles. The molecule has 0 amide bonds. The average molecular weight is 334 g/mol. The molecule has 0 saturated heterocycles. The standard InChI is InChI=1S/C14H9Cl2N5O/c15-10-4-9(13(22)12(16)6-10)7-17-11-3-1-2-8(5-11)14-18-20-21-19-14/h1-7,22H,(H,18,19,20,21). The number of rotatable bonds is 3. The molecular formula is C14H9Cl2N5O. The number of aromatic amines is 1. The maximum atomic E-state index is 9.89. The van der Waals surface area contributed by atoms with Crippen LogP contribution in [0.4, 0.5) is 5.69 Å². The summed E-state index contributed by atoms with van der Waals surface area (Å²) in [4.78, 5) is 4.30. The van der Waals surface area contributed by atoms with Crippen LogP contribution in [0.15, 0.2) is 41.4 Å². The number of nitrogens with one attached hydrogen (secondary N) is 1. The summed E-state index contributed by atoms with van der Waals surface area (Å²) in [6.45, 7) is 0. The predicted molar refractivity (Wildman–Crippen MR) is 85.0 cm³/mol. The Morgan fingerprint density at radius 1 is 1.18 bits per heavy atom. The second-order valence-electron chi connectivity index (χ2n) is 4.37. The molecule has 0 radical (unpaired) electrons. The Morgan fingerprint density at radius 2 is 2.05 bits per heavy atom. The highest BCUT2D eigenvalue weighted by atomic mass is 35.5. The van der Waals surface area contributed by atoms with Gasteiger partial charge in [-0.15, -0.1) is 10.2 Å². The van der Waals surface area contributed by atoms with Gasteiger partial charge in [0, 0.05) is 22.4 Å². The highest BCUT2D eigenvalue weighted by Crippen LogP contribution is 2.30. The fourth-order valence-corrected chi connectivity index (χ4v) is 2.35. The van der Waals surface area contributed by atoms with E-state index in [-0.39, 0.29) is 10.8 Å². The molecule has 1 heterocycles. The highest BCUT2D eigenvalue weighted by Gasteiger charge is 2.06. The van der Waals surface area contributed by atoms with E-state index in [2.05, 4.69) is 25.6 Å². The van der Waals surface area contributed by atoms with Crippen molar-refractivity contribution in [1.29, 1.82) is 0 Å². The number of H-pyrrole nitrogens is 1. The number of nitrogens with zero attached hydrogens (tertiary/aromatic N) is 4. The zero-order chi connectivity index (χ0) is 15.5. The first-order valence-electron chi connectivity index (χ1n) is 6.19. The minimum Gasteiger partial charge on any atom is -0.506 e. The highest BCUT2D eigenvalue weighted by molar-refractivity contribution is 6.36. The smallest absolute Gasteiger partial charge is 0.204 e. The molecule has 0 aliphatic rings. The largest absolute Gasteiger partial charge is 0.506 e. The van der Waals surface area contributed by atoms with E-state index in [0.717, 1.165) is 5.56 Å². The zero-order valence-electron chi connectivity index (χ0n) is 11.0. The average Bonchev–Trinajstić information content (AvgIpc) is 3.04. The lowest BCUT2D eigenvalue weighted by Crippen LogP contribution is -1.84. The van der Waals surface area contributed by atoms with Gasteiger partial charge >= 0.3 is 0 Å². The van der Waals surface area contributed by atoms with Crippen LogP contribution in [-0.2, 0) is 0 Å². The number of phenols is 1. The third-order valence-corrected chi connectivity index (χ3v) is 3.37. The van der Waals surface area contributed by atoms with Gasteiger partial charge in [-0.1, -0.05) is 35.3 Å². The third-order valence-electron chi connectivity index (χ3n) is 2.86. The molecule has 0 unspecified atom stereocenters. The first kappa shape index (κ1) is 14.5. The first-order valence-corrected chi connectivity index (χ1v) is 6.95. The quantitative estimate of drug-likeness (QED) is 0.716. The molecule has 2 N–H and O–H groups in total. The number of phenolic OH excluding ortho intramolecular Hbond substituents is 1. The third kappa shape index (κ3) is 3.08. The van der Waals surface area contributed by atoms with Gasteiger partial charge in [0.15, 0.2) is 0 Å². The number of aromatic nitrogens is 4. The van der Waals surface area contributed by atoms with Gasteiger partial charge < -0.3 is 5.11 Å². The van der Waals surface area contributed by atoms with E-state index in [1.807, 2.05) is 18.2 Å². The van der Waals surface area contributed by atoms with Gasteiger partial charge in [0.25, 0.3) is 0 Å². The Kier molecular flexibility index (Phi) is 4.04. The molecular weight excluding hydrogens is 325 g/mol. The fourth-order valence-electron chi connectivity index (χ4n) is 1.84. The topological polar surface area (TPSA) is 87.0 Å². The van der Waals surface area contributed by atoms with Gasteiger partial charge in [-0.05, 0) is 29.5 Å². The van der Waals surface area contributed by atoms with Crippen molar-refractivity contribution in [2.75, 3.05) is 0 Å². The molecule has 0 bridgehead atoms. The van der Waals surface area contributed by atoms with Crippen LogP contribution in [0.1, 0.15) is 5.56 Å². The monoisotopic (exact) mass is 333 g/mol. The van der Waals surface area contributed by atoms with Crippen molar-refractivity contribution in [3.8, 4) is 17.1 Å².